The number of carbonyl (C=O) groups is 2. The Balaban J connectivity index is 1.82. The molecular formula is C28H38O4. The first-order chi connectivity index (χ1) is 15.5. The van der Waals surface area contributed by atoms with Gasteiger partial charge in [0.25, 0.3) is 0 Å². The Morgan fingerprint density at radius 2 is 1.28 bits per heavy atom. The zero-order valence-electron chi connectivity index (χ0n) is 19.9. The van der Waals surface area contributed by atoms with Crippen LogP contribution in [0.2, 0.25) is 0 Å². The molecule has 174 valence electrons. The maximum Gasteiger partial charge on any atom is 0.343 e. The second kappa shape index (κ2) is 14.4. The number of benzene rings is 2. The van der Waals surface area contributed by atoms with Gasteiger partial charge in [-0.2, -0.15) is 0 Å². The molecule has 2 rings (SSSR count). The van der Waals surface area contributed by atoms with E-state index < -0.39 is 5.97 Å². The summed E-state index contributed by atoms with van der Waals surface area (Å²) in [5.74, 6) is 0.906. The van der Waals surface area contributed by atoms with Gasteiger partial charge in [0.15, 0.2) is 5.78 Å². The number of rotatable bonds is 15. The summed E-state index contributed by atoms with van der Waals surface area (Å²) >= 11 is 0. The highest BCUT2D eigenvalue weighted by Gasteiger charge is 2.15. The molecule has 0 saturated carbocycles. The molecule has 0 N–H and O–H groups in total. The van der Waals surface area contributed by atoms with E-state index in [9.17, 15) is 9.59 Å². The van der Waals surface area contributed by atoms with Crippen LogP contribution in [0.4, 0.5) is 0 Å². The van der Waals surface area contributed by atoms with Crippen LogP contribution in [0.25, 0.3) is 0 Å². The average Bonchev–Trinajstić information content (AvgIpc) is 2.82. The highest BCUT2D eigenvalue weighted by atomic mass is 16.5. The fraction of sp³-hybridized carbons (Fsp3) is 0.500. The summed E-state index contributed by atoms with van der Waals surface area (Å²) in [7, 11) is 0. The van der Waals surface area contributed by atoms with Crippen LogP contribution in [-0.2, 0) is 0 Å². The highest BCUT2D eigenvalue weighted by molar-refractivity contribution is 5.98. The van der Waals surface area contributed by atoms with Crippen molar-refractivity contribution in [2.45, 2.75) is 78.6 Å². The minimum atomic E-state index is -0.428. The summed E-state index contributed by atoms with van der Waals surface area (Å²) in [5, 5.41) is 0. The molecule has 2 aromatic rings. The number of hydrogen-bond donors (Lipinski definition) is 0. The lowest BCUT2D eigenvalue weighted by molar-refractivity contribution is 0.0734. The van der Waals surface area contributed by atoms with Gasteiger partial charge in [0, 0.05) is 11.5 Å². The lowest BCUT2D eigenvalue weighted by Gasteiger charge is -2.11. The molecule has 0 aromatic heterocycles. The van der Waals surface area contributed by atoms with Crippen molar-refractivity contribution >= 4 is 11.8 Å². The van der Waals surface area contributed by atoms with Crippen molar-refractivity contribution in [2.75, 3.05) is 6.61 Å². The van der Waals surface area contributed by atoms with Gasteiger partial charge in [-0.3, -0.25) is 4.79 Å². The van der Waals surface area contributed by atoms with Gasteiger partial charge in [-0.25, -0.2) is 4.79 Å². The molecule has 2 aromatic carbocycles. The van der Waals surface area contributed by atoms with E-state index in [1.54, 1.807) is 48.5 Å². The van der Waals surface area contributed by atoms with Crippen LogP contribution in [-0.4, -0.2) is 18.4 Å². The second-order valence-corrected chi connectivity index (χ2v) is 8.46. The summed E-state index contributed by atoms with van der Waals surface area (Å²) in [4.78, 5) is 25.0. The second-order valence-electron chi connectivity index (χ2n) is 8.46. The highest BCUT2D eigenvalue weighted by Crippen LogP contribution is 2.20. The van der Waals surface area contributed by atoms with Crippen molar-refractivity contribution in [3.63, 3.8) is 0 Å². The number of ether oxygens (including phenoxy) is 2. The zero-order valence-corrected chi connectivity index (χ0v) is 19.9. The molecule has 0 spiro atoms. The summed E-state index contributed by atoms with van der Waals surface area (Å²) in [5.41, 5.74) is 1.12. The molecule has 0 fully saturated rings. The molecule has 0 saturated heterocycles. The van der Waals surface area contributed by atoms with E-state index in [1.807, 2.05) is 6.92 Å². The van der Waals surface area contributed by atoms with Crippen LogP contribution in [0.15, 0.2) is 48.5 Å². The lowest BCUT2D eigenvalue weighted by Crippen LogP contribution is -2.12. The van der Waals surface area contributed by atoms with E-state index in [2.05, 4.69) is 13.8 Å². The van der Waals surface area contributed by atoms with Gasteiger partial charge in [-0.1, -0.05) is 65.7 Å². The standard InChI is InChI=1S/C28H38O4/c1-4-6-8-10-12-22(3)27(29)23-13-19-26(20-14-23)32-28(30)24-15-17-25(18-16-24)31-21-11-9-7-5-2/h13-20,22H,4-12,21H2,1-3H3. The Morgan fingerprint density at radius 1 is 0.719 bits per heavy atom. The maximum atomic E-state index is 12.6. The van der Waals surface area contributed by atoms with Crippen LogP contribution in [0, 0.1) is 5.92 Å². The average molecular weight is 439 g/mol. The van der Waals surface area contributed by atoms with Gasteiger partial charge >= 0.3 is 5.97 Å². The third kappa shape index (κ3) is 8.86. The van der Waals surface area contributed by atoms with Crippen LogP contribution >= 0.6 is 0 Å². The van der Waals surface area contributed by atoms with Crippen molar-refractivity contribution in [3.8, 4) is 11.5 Å². The van der Waals surface area contributed by atoms with E-state index in [4.69, 9.17) is 9.47 Å². The summed E-state index contributed by atoms with van der Waals surface area (Å²) in [6.45, 7) is 7.04. The molecule has 0 heterocycles. The summed E-state index contributed by atoms with van der Waals surface area (Å²) in [6.07, 6.45) is 10.2. The van der Waals surface area contributed by atoms with Crippen LogP contribution in [0.3, 0.4) is 0 Å². The number of ketones is 1. The number of unbranched alkanes of at least 4 members (excludes halogenated alkanes) is 6. The topological polar surface area (TPSA) is 52.6 Å². The Labute approximate surface area is 193 Å². The lowest BCUT2D eigenvalue weighted by atomic mass is 9.94. The number of carbonyl (C=O) groups excluding carboxylic acids is 2. The van der Waals surface area contributed by atoms with Crippen LogP contribution in [0.5, 0.6) is 11.5 Å². The van der Waals surface area contributed by atoms with Gasteiger partial charge in [0.05, 0.1) is 12.2 Å². The normalized spacial score (nSPS) is 11.7. The molecule has 1 atom stereocenters. The van der Waals surface area contributed by atoms with Gasteiger partial charge in [0.2, 0.25) is 0 Å². The Morgan fingerprint density at radius 3 is 1.91 bits per heavy atom. The van der Waals surface area contributed by atoms with E-state index in [0.717, 1.165) is 25.0 Å². The molecular weight excluding hydrogens is 400 g/mol. The van der Waals surface area contributed by atoms with Crippen LogP contribution < -0.4 is 9.47 Å². The molecule has 32 heavy (non-hydrogen) atoms. The minimum absolute atomic E-state index is 0.00707. The molecule has 0 radical (unpaired) electrons. The molecule has 1 unspecified atom stereocenters. The smallest absolute Gasteiger partial charge is 0.343 e. The Kier molecular flexibility index (Phi) is 11.6. The van der Waals surface area contributed by atoms with Crippen molar-refractivity contribution in [1.82, 2.24) is 0 Å². The number of hydrogen-bond acceptors (Lipinski definition) is 4. The first-order valence-corrected chi connectivity index (χ1v) is 12.1. The molecule has 4 nitrogen and oxygen atoms in total. The molecule has 0 amide bonds. The number of esters is 1. The quantitative estimate of drug-likeness (QED) is 0.124. The van der Waals surface area contributed by atoms with Crippen LogP contribution in [0.1, 0.15) is 99.3 Å². The van der Waals surface area contributed by atoms with Crippen molar-refractivity contribution in [3.05, 3.63) is 59.7 Å². The van der Waals surface area contributed by atoms with Gasteiger partial charge < -0.3 is 9.47 Å². The van der Waals surface area contributed by atoms with E-state index in [-0.39, 0.29) is 11.7 Å². The van der Waals surface area contributed by atoms with E-state index >= 15 is 0 Å². The van der Waals surface area contributed by atoms with Crippen molar-refractivity contribution < 1.29 is 19.1 Å². The predicted molar refractivity (Wildman–Crippen MR) is 130 cm³/mol. The van der Waals surface area contributed by atoms with Gasteiger partial charge in [-0.15, -0.1) is 0 Å². The third-order valence-electron chi connectivity index (χ3n) is 5.64. The van der Waals surface area contributed by atoms with Gasteiger partial charge in [-0.05, 0) is 61.4 Å². The largest absolute Gasteiger partial charge is 0.494 e. The molecule has 0 aliphatic rings. The minimum Gasteiger partial charge on any atom is -0.494 e. The van der Waals surface area contributed by atoms with E-state index in [0.29, 0.717) is 23.5 Å². The summed E-state index contributed by atoms with van der Waals surface area (Å²) < 4.78 is 11.2. The summed E-state index contributed by atoms with van der Waals surface area (Å²) in [6, 6.07) is 13.8. The molecule has 4 heteroatoms. The molecule has 0 aliphatic heterocycles. The predicted octanol–water partition coefficient (Wildman–Crippen LogP) is 7.65. The SMILES string of the molecule is CCCCCCOc1ccc(C(=O)Oc2ccc(C(=O)C(C)CCCCCC)cc2)cc1. The third-order valence-corrected chi connectivity index (χ3v) is 5.64. The first kappa shape index (κ1) is 25.6. The monoisotopic (exact) mass is 438 g/mol. The molecule has 0 bridgehead atoms. The van der Waals surface area contributed by atoms with Crippen molar-refractivity contribution in [2.24, 2.45) is 5.92 Å². The Bertz CT molecular complexity index is 808. The Hall–Kier alpha value is -2.62. The van der Waals surface area contributed by atoms with Gasteiger partial charge in [0.1, 0.15) is 11.5 Å². The maximum absolute atomic E-state index is 12.6. The fourth-order valence-electron chi connectivity index (χ4n) is 3.55. The first-order valence-electron chi connectivity index (χ1n) is 12.1. The van der Waals surface area contributed by atoms with Crippen molar-refractivity contribution in [1.29, 1.82) is 0 Å². The number of Topliss-reactive ketones (excluding diaryl/α,β-unsaturated/α-hetero) is 1. The molecule has 0 aliphatic carbocycles. The zero-order chi connectivity index (χ0) is 23.2. The fourth-order valence-corrected chi connectivity index (χ4v) is 3.55. The van der Waals surface area contributed by atoms with E-state index in [1.165, 1.54) is 38.5 Å².